The van der Waals surface area contributed by atoms with E-state index in [0.717, 1.165) is 32.1 Å². The van der Waals surface area contributed by atoms with Crippen molar-refractivity contribution in [1.82, 2.24) is 19.5 Å². The highest BCUT2D eigenvalue weighted by Crippen LogP contribution is 2.39. The van der Waals surface area contributed by atoms with Gasteiger partial charge < -0.3 is 21.5 Å². The number of nitriles is 1. The number of aliphatic hydroxyl groups excluding tert-OH is 1. The highest BCUT2D eigenvalue weighted by atomic mass is 35.5. The molecule has 3 aromatic rings. The second-order valence-electron chi connectivity index (χ2n) is 9.83. The lowest BCUT2D eigenvalue weighted by Crippen LogP contribution is -2.30. The van der Waals surface area contributed by atoms with Crippen LogP contribution in [0.4, 0.5) is 17.6 Å². The fourth-order valence-corrected chi connectivity index (χ4v) is 5.94. The van der Waals surface area contributed by atoms with Gasteiger partial charge in [-0.3, -0.25) is 9.36 Å². The van der Waals surface area contributed by atoms with Gasteiger partial charge in [0.05, 0.1) is 39.7 Å². The number of anilines is 3. The van der Waals surface area contributed by atoms with Gasteiger partial charge in [-0.05, 0) is 63.5 Å². The number of benzene rings is 1. The molecule has 2 aliphatic carbocycles. The van der Waals surface area contributed by atoms with Crippen molar-refractivity contribution < 1.29 is 9.90 Å². The van der Waals surface area contributed by atoms with Crippen molar-refractivity contribution in [2.24, 2.45) is 11.7 Å². The van der Waals surface area contributed by atoms with Crippen LogP contribution in [0.1, 0.15) is 63.0 Å². The quantitative estimate of drug-likeness (QED) is 0.349. The fourth-order valence-electron chi connectivity index (χ4n) is 5.36. The first kappa shape index (κ1) is 25.5. The largest absolute Gasteiger partial charge is 0.393 e. The summed E-state index contributed by atoms with van der Waals surface area (Å²) >= 11 is 12.9. The van der Waals surface area contributed by atoms with Crippen LogP contribution in [-0.4, -0.2) is 42.7 Å². The molecule has 5 rings (SSSR count). The third kappa shape index (κ3) is 5.44. The van der Waals surface area contributed by atoms with E-state index < -0.39 is 0 Å². The van der Waals surface area contributed by atoms with Crippen molar-refractivity contribution in [3.05, 3.63) is 33.9 Å². The van der Waals surface area contributed by atoms with E-state index in [1.54, 1.807) is 18.3 Å². The standard InChI is InChI=1S/C25H28Cl2N8O2/c26-18-8-13(11-28)9-19(27)21(18)33-25-32-20-12-30-24(31-15-2-1-3-17(36)10-15)34-23(20)35(25)16-6-4-14(5-7-16)22(29)37/h8-9,12,14-17,36H,1-7,10H2,(H2,29,37)(H,32,33)(H,30,31,34)/t14-,15-,16+,17+/m0/s1. The normalized spacial score (nSPS) is 23.9. The number of hydrogen-bond donors (Lipinski definition) is 4. The van der Waals surface area contributed by atoms with E-state index in [2.05, 4.69) is 15.6 Å². The lowest BCUT2D eigenvalue weighted by molar-refractivity contribution is -0.122. The summed E-state index contributed by atoms with van der Waals surface area (Å²) in [5.74, 6) is 0.548. The van der Waals surface area contributed by atoms with Gasteiger partial charge in [-0.25, -0.2) is 9.97 Å². The fraction of sp³-hybridized carbons (Fsp3) is 0.480. The van der Waals surface area contributed by atoms with Crippen LogP contribution >= 0.6 is 23.2 Å². The molecule has 2 fully saturated rings. The molecule has 194 valence electrons. The van der Waals surface area contributed by atoms with Gasteiger partial charge in [-0.1, -0.05) is 23.2 Å². The van der Waals surface area contributed by atoms with Gasteiger partial charge in [0.15, 0.2) is 5.65 Å². The Morgan fingerprint density at radius 1 is 1.14 bits per heavy atom. The molecule has 0 saturated heterocycles. The Morgan fingerprint density at radius 3 is 2.51 bits per heavy atom. The zero-order chi connectivity index (χ0) is 26.1. The first-order valence-electron chi connectivity index (χ1n) is 12.5. The minimum Gasteiger partial charge on any atom is -0.393 e. The van der Waals surface area contributed by atoms with Crippen molar-refractivity contribution in [2.75, 3.05) is 10.6 Å². The third-order valence-corrected chi connectivity index (χ3v) is 7.88. The molecule has 0 bridgehead atoms. The number of nitrogens with two attached hydrogens (primary N) is 1. The predicted octanol–water partition coefficient (Wildman–Crippen LogP) is 4.68. The van der Waals surface area contributed by atoms with E-state index in [1.807, 2.05) is 10.6 Å². The maximum Gasteiger partial charge on any atom is 0.224 e. The number of hydrogen-bond acceptors (Lipinski definition) is 8. The number of imidazole rings is 1. The van der Waals surface area contributed by atoms with Crippen LogP contribution in [0.3, 0.4) is 0 Å². The molecular formula is C25H28Cl2N8O2. The number of nitrogens with zero attached hydrogens (tertiary/aromatic N) is 5. The number of carbonyl (C=O) groups excluding carboxylic acids is 1. The van der Waals surface area contributed by atoms with Gasteiger partial charge in [-0.15, -0.1) is 0 Å². The molecule has 1 amide bonds. The van der Waals surface area contributed by atoms with E-state index in [4.69, 9.17) is 38.9 Å². The molecule has 2 aromatic heterocycles. The van der Waals surface area contributed by atoms with E-state index in [9.17, 15) is 15.2 Å². The maximum atomic E-state index is 11.7. The van der Waals surface area contributed by atoms with Crippen LogP contribution in [0.25, 0.3) is 11.2 Å². The Labute approximate surface area is 224 Å². The Kier molecular flexibility index (Phi) is 7.38. The first-order chi connectivity index (χ1) is 17.8. The molecule has 0 spiro atoms. The summed E-state index contributed by atoms with van der Waals surface area (Å²) in [4.78, 5) is 25.8. The third-order valence-electron chi connectivity index (χ3n) is 7.28. The number of amides is 1. The monoisotopic (exact) mass is 542 g/mol. The average molecular weight is 543 g/mol. The number of fused-ring (bicyclic) bond motifs is 1. The van der Waals surface area contributed by atoms with Crippen molar-refractivity contribution >= 4 is 57.9 Å². The highest BCUT2D eigenvalue weighted by Gasteiger charge is 2.30. The molecule has 10 nitrogen and oxygen atoms in total. The summed E-state index contributed by atoms with van der Waals surface area (Å²) < 4.78 is 2.01. The number of aliphatic hydroxyl groups is 1. The summed E-state index contributed by atoms with van der Waals surface area (Å²) in [5, 5.41) is 26.5. The lowest BCUT2D eigenvalue weighted by atomic mass is 9.85. The van der Waals surface area contributed by atoms with Crippen LogP contribution in [0.5, 0.6) is 0 Å². The smallest absolute Gasteiger partial charge is 0.224 e. The molecule has 2 heterocycles. The van der Waals surface area contributed by atoms with Gasteiger partial charge in [0, 0.05) is 18.0 Å². The number of rotatable bonds is 6. The predicted molar refractivity (Wildman–Crippen MR) is 142 cm³/mol. The molecular weight excluding hydrogens is 515 g/mol. The van der Waals surface area contributed by atoms with Crippen LogP contribution in [0, 0.1) is 17.2 Å². The van der Waals surface area contributed by atoms with Crippen molar-refractivity contribution in [1.29, 1.82) is 5.26 Å². The summed E-state index contributed by atoms with van der Waals surface area (Å²) in [6.07, 6.45) is 7.51. The number of halogens is 2. The lowest BCUT2D eigenvalue weighted by Gasteiger charge is -2.29. The van der Waals surface area contributed by atoms with Gasteiger partial charge in [0.1, 0.15) is 5.52 Å². The summed E-state index contributed by atoms with van der Waals surface area (Å²) in [6.45, 7) is 0. The molecule has 5 N–H and O–H groups in total. The Hall–Kier alpha value is -3.13. The first-order valence-corrected chi connectivity index (χ1v) is 13.2. The maximum absolute atomic E-state index is 11.7. The van der Waals surface area contributed by atoms with Gasteiger partial charge >= 0.3 is 0 Å². The highest BCUT2D eigenvalue weighted by molar-refractivity contribution is 6.39. The topological polar surface area (TPSA) is 155 Å². The molecule has 2 saturated carbocycles. The van der Waals surface area contributed by atoms with Gasteiger partial charge in [0.2, 0.25) is 17.8 Å². The van der Waals surface area contributed by atoms with Crippen LogP contribution in [-0.2, 0) is 4.79 Å². The van der Waals surface area contributed by atoms with Crippen molar-refractivity contribution in [3.8, 4) is 6.07 Å². The second kappa shape index (κ2) is 10.7. The Bertz CT molecular complexity index is 1340. The number of carbonyl (C=O) groups is 1. The minimum atomic E-state index is -0.321. The van der Waals surface area contributed by atoms with E-state index in [-0.39, 0.29) is 30.0 Å². The SMILES string of the molecule is N#Cc1cc(Cl)c(Nc2nc3cnc(N[C@H]4CCC[C@@H](O)C4)nc3n2[C@H]2CC[C@@H](C(N)=O)CC2)c(Cl)c1. The molecule has 2 aliphatic rings. The van der Waals surface area contributed by atoms with Crippen molar-refractivity contribution in [2.45, 2.75) is 69.6 Å². The average Bonchev–Trinajstić information content (AvgIpc) is 3.23. The zero-order valence-electron chi connectivity index (χ0n) is 20.1. The Balaban J connectivity index is 1.52. The van der Waals surface area contributed by atoms with E-state index in [1.165, 1.54) is 0 Å². The minimum absolute atomic E-state index is 0.0123. The zero-order valence-corrected chi connectivity index (χ0v) is 21.6. The molecule has 37 heavy (non-hydrogen) atoms. The molecule has 12 heteroatoms. The molecule has 0 radical (unpaired) electrons. The molecule has 2 atom stereocenters. The van der Waals surface area contributed by atoms with Crippen LogP contribution in [0.2, 0.25) is 10.0 Å². The van der Waals surface area contributed by atoms with Gasteiger partial charge in [-0.2, -0.15) is 10.2 Å². The second-order valence-corrected chi connectivity index (χ2v) is 10.6. The van der Waals surface area contributed by atoms with E-state index >= 15 is 0 Å². The van der Waals surface area contributed by atoms with Crippen LogP contribution < -0.4 is 16.4 Å². The summed E-state index contributed by atoms with van der Waals surface area (Å²) in [5.41, 5.74) is 7.58. The molecule has 0 unspecified atom stereocenters. The molecule has 1 aromatic carbocycles. The molecule has 0 aliphatic heterocycles. The number of aromatic nitrogens is 4. The summed E-state index contributed by atoms with van der Waals surface area (Å²) in [7, 11) is 0. The van der Waals surface area contributed by atoms with E-state index in [0.29, 0.717) is 63.6 Å². The number of nitrogens with one attached hydrogen (secondary N) is 2. The Morgan fingerprint density at radius 2 is 1.86 bits per heavy atom. The van der Waals surface area contributed by atoms with Crippen LogP contribution in [0.15, 0.2) is 18.3 Å². The summed E-state index contributed by atoms with van der Waals surface area (Å²) in [6, 6.07) is 5.24. The number of primary amides is 1. The van der Waals surface area contributed by atoms with Crippen molar-refractivity contribution in [3.63, 3.8) is 0 Å². The van der Waals surface area contributed by atoms with Gasteiger partial charge in [0.25, 0.3) is 0 Å².